The van der Waals surface area contributed by atoms with Gasteiger partial charge < -0.3 is 11.5 Å². The minimum Gasteiger partial charge on any atom is -0.399 e. The average molecular weight is 370 g/mol. The molecule has 26 heavy (non-hydrogen) atoms. The summed E-state index contributed by atoms with van der Waals surface area (Å²) in [6.45, 7) is 1.71. The molecule has 0 fully saturated rings. The highest BCUT2D eigenvalue weighted by atomic mass is 32.2. The molecule has 0 aliphatic carbocycles. The van der Waals surface area contributed by atoms with Gasteiger partial charge in [0.25, 0.3) is 10.0 Å². The van der Waals surface area contributed by atoms with Crippen molar-refractivity contribution in [1.29, 1.82) is 5.41 Å². The third kappa shape index (κ3) is 3.11. The predicted octanol–water partition coefficient (Wildman–Crippen LogP) is 1.67. The quantitative estimate of drug-likeness (QED) is 0.239. The molecule has 6 N–H and O–H groups in total. The third-order valence-corrected chi connectivity index (χ3v) is 5.54. The molecule has 0 saturated heterocycles. The number of nitrogens with zero attached hydrogens (tertiary/aromatic N) is 2. The molecule has 0 radical (unpaired) electrons. The number of anilines is 1. The number of rotatable bonds is 4. The molecule has 0 saturated carbocycles. The van der Waals surface area contributed by atoms with Crippen LogP contribution in [0.4, 0.5) is 5.69 Å². The Hall–Kier alpha value is -3.33. The van der Waals surface area contributed by atoms with Crippen LogP contribution < -0.4 is 16.9 Å². The van der Waals surface area contributed by atoms with E-state index in [9.17, 15) is 8.42 Å². The summed E-state index contributed by atoms with van der Waals surface area (Å²) in [5.41, 5.74) is 15.4. The number of hydrogen-bond acceptors (Lipinski definition) is 5. The number of hydrazone groups is 1. The highest BCUT2D eigenvalue weighted by Crippen LogP contribution is 2.26. The molecule has 0 unspecified atom stereocenters. The topological polar surface area (TPSA) is 139 Å². The zero-order chi connectivity index (χ0) is 18.9. The number of aromatic nitrogens is 1. The summed E-state index contributed by atoms with van der Waals surface area (Å²) in [6, 6.07) is 13.1. The highest BCUT2D eigenvalue weighted by molar-refractivity contribution is 7.90. The molecule has 0 aliphatic heterocycles. The SMILES string of the molecule is C/C(=N/NC(=N)N)c1cn(S(=O)(=O)c2ccc(N)cc2)c2ccccc12. The normalized spacial score (nSPS) is 12.3. The molecule has 9 heteroatoms. The van der Waals surface area contributed by atoms with Crippen LogP contribution in [0, 0.1) is 5.41 Å². The zero-order valence-electron chi connectivity index (χ0n) is 14.0. The summed E-state index contributed by atoms with van der Waals surface area (Å²) in [5, 5.41) is 11.9. The van der Waals surface area contributed by atoms with Crippen molar-refractivity contribution in [2.24, 2.45) is 10.8 Å². The maximum atomic E-state index is 13.1. The smallest absolute Gasteiger partial charge is 0.268 e. The minimum absolute atomic E-state index is 0.135. The van der Waals surface area contributed by atoms with E-state index < -0.39 is 10.0 Å². The first kappa shape index (κ1) is 17.5. The Morgan fingerprint density at radius 3 is 2.46 bits per heavy atom. The van der Waals surface area contributed by atoms with Crippen LogP contribution in [-0.2, 0) is 10.0 Å². The van der Waals surface area contributed by atoms with E-state index in [1.807, 2.05) is 12.1 Å². The van der Waals surface area contributed by atoms with Crippen LogP contribution in [-0.4, -0.2) is 24.1 Å². The van der Waals surface area contributed by atoms with Gasteiger partial charge in [0.15, 0.2) is 0 Å². The van der Waals surface area contributed by atoms with Gasteiger partial charge in [0.1, 0.15) is 0 Å². The van der Waals surface area contributed by atoms with Crippen molar-refractivity contribution in [3.8, 4) is 0 Å². The van der Waals surface area contributed by atoms with Crippen LogP contribution in [0.25, 0.3) is 10.9 Å². The molecular formula is C17H18N6O2S. The van der Waals surface area contributed by atoms with Crippen LogP contribution in [0.15, 0.2) is 64.7 Å². The lowest BCUT2D eigenvalue weighted by atomic mass is 10.1. The Morgan fingerprint density at radius 2 is 1.81 bits per heavy atom. The number of guanidine groups is 1. The van der Waals surface area contributed by atoms with Crippen molar-refractivity contribution in [1.82, 2.24) is 9.40 Å². The van der Waals surface area contributed by atoms with Gasteiger partial charge in [0, 0.05) is 22.8 Å². The summed E-state index contributed by atoms with van der Waals surface area (Å²) in [4.78, 5) is 0.135. The van der Waals surface area contributed by atoms with Crippen molar-refractivity contribution in [3.63, 3.8) is 0 Å². The summed E-state index contributed by atoms with van der Waals surface area (Å²) < 4.78 is 27.4. The molecule has 0 bridgehead atoms. The van der Waals surface area contributed by atoms with Crippen molar-refractivity contribution in [3.05, 3.63) is 60.3 Å². The van der Waals surface area contributed by atoms with E-state index in [0.717, 1.165) is 5.39 Å². The number of para-hydroxylation sites is 1. The Morgan fingerprint density at radius 1 is 1.15 bits per heavy atom. The van der Waals surface area contributed by atoms with E-state index in [-0.39, 0.29) is 10.9 Å². The fraction of sp³-hybridized carbons (Fsp3) is 0.0588. The van der Waals surface area contributed by atoms with Crippen LogP contribution >= 0.6 is 0 Å². The van der Waals surface area contributed by atoms with Gasteiger partial charge in [0.2, 0.25) is 5.96 Å². The molecule has 134 valence electrons. The van der Waals surface area contributed by atoms with Gasteiger partial charge in [-0.1, -0.05) is 18.2 Å². The standard InChI is InChI=1S/C17H18N6O2S/c1-11(21-22-17(19)20)15-10-23(16-5-3-2-4-14(15)16)26(24,25)13-8-6-12(18)7-9-13/h2-10H,18H2,1H3,(H4,19,20,22)/b21-11-. The summed E-state index contributed by atoms with van der Waals surface area (Å²) in [6.07, 6.45) is 1.51. The molecule has 0 atom stereocenters. The second kappa shape index (κ2) is 6.52. The number of hydrogen-bond donors (Lipinski definition) is 4. The number of nitrogen functional groups attached to an aromatic ring is 1. The monoisotopic (exact) mass is 370 g/mol. The average Bonchev–Trinajstić information content (AvgIpc) is 3.00. The van der Waals surface area contributed by atoms with E-state index >= 15 is 0 Å². The Kier molecular flexibility index (Phi) is 4.39. The summed E-state index contributed by atoms with van der Waals surface area (Å²) >= 11 is 0. The van der Waals surface area contributed by atoms with Gasteiger partial charge in [-0.3, -0.25) is 5.41 Å². The summed E-state index contributed by atoms with van der Waals surface area (Å²) in [7, 11) is -3.81. The van der Waals surface area contributed by atoms with E-state index in [4.69, 9.17) is 16.9 Å². The Labute approximate surface area is 150 Å². The number of benzene rings is 2. The van der Waals surface area contributed by atoms with Gasteiger partial charge in [-0.05, 0) is 37.3 Å². The summed E-state index contributed by atoms with van der Waals surface area (Å²) in [5.74, 6) is -0.303. The van der Waals surface area contributed by atoms with E-state index in [2.05, 4.69) is 10.5 Å². The molecule has 8 nitrogen and oxygen atoms in total. The number of nitrogens with one attached hydrogen (secondary N) is 2. The third-order valence-electron chi connectivity index (χ3n) is 3.85. The van der Waals surface area contributed by atoms with Gasteiger partial charge in [-0.15, -0.1) is 0 Å². The van der Waals surface area contributed by atoms with E-state index in [1.165, 1.54) is 22.3 Å². The molecule has 1 heterocycles. The molecule has 0 amide bonds. The highest BCUT2D eigenvalue weighted by Gasteiger charge is 2.21. The van der Waals surface area contributed by atoms with E-state index in [0.29, 0.717) is 22.5 Å². The lowest BCUT2D eigenvalue weighted by Gasteiger charge is -2.07. The second-order valence-electron chi connectivity index (χ2n) is 5.65. The molecule has 3 aromatic rings. The second-order valence-corrected chi connectivity index (χ2v) is 7.47. The fourth-order valence-electron chi connectivity index (χ4n) is 2.59. The predicted molar refractivity (Wildman–Crippen MR) is 103 cm³/mol. The Bertz CT molecular complexity index is 1110. The van der Waals surface area contributed by atoms with E-state index in [1.54, 1.807) is 31.2 Å². The molecule has 3 rings (SSSR count). The number of nitrogens with two attached hydrogens (primary N) is 2. The van der Waals surface area contributed by atoms with Crippen molar-refractivity contribution in [2.45, 2.75) is 11.8 Å². The van der Waals surface area contributed by atoms with Crippen LogP contribution in [0.3, 0.4) is 0 Å². The first-order chi connectivity index (χ1) is 12.3. The maximum absolute atomic E-state index is 13.1. The van der Waals surface area contributed by atoms with Gasteiger partial charge in [-0.2, -0.15) is 5.10 Å². The molecule has 1 aromatic heterocycles. The maximum Gasteiger partial charge on any atom is 0.268 e. The fourth-order valence-corrected chi connectivity index (χ4v) is 3.96. The molecule has 0 spiro atoms. The molecule has 0 aliphatic rings. The molecule has 2 aromatic carbocycles. The lowest BCUT2D eigenvalue weighted by Crippen LogP contribution is -2.26. The largest absolute Gasteiger partial charge is 0.399 e. The zero-order valence-corrected chi connectivity index (χ0v) is 14.8. The van der Waals surface area contributed by atoms with Crippen molar-refractivity contribution < 1.29 is 8.42 Å². The van der Waals surface area contributed by atoms with Crippen LogP contribution in [0.1, 0.15) is 12.5 Å². The van der Waals surface area contributed by atoms with Crippen molar-refractivity contribution in [2.75, 3.05) is 5.73 Å². The van der Waals surface area contributed by atoms with Gasteiger partial charge in [-0.25, -0.2) is 17.8 Å². The van der Waals surface area contributed by atoms with Gasteiger partial charge >= 0.3 is 0 Å². The van der Waals surface area contributed by atoms with Crippen LogP contribution in [0.5, 0.6) is 0 Å². The molecular weight excluding hydrogens is 352 g/mol. The number of fused-ring (bicyclic) bond motifs is 1. The van der Waals surface area contributed by atoms with Crippen LogP contribution in [0.2, 0.25) is 0 Å². The van der Waals surface area contributed by atoms with Crippen molar-refractivity contribution >= 4 is 38.3 Å². The van der Waals surface area contributed by atoms with Gasteiger partial charge in [0.05, 0.1) is 16.1 Å². The first-order valence-corrected chi connectivity index (χ1v) is 9.10. The Balaban J connectivity index is 2.20. The minimum atomic E-state index is -3.81. The first-order valence-electron chi connectivity index (χ1n) is 7.66. The lowest BCUT2D eigenvalue weighted by molar-refractivity contribution is 0.589.